The van der Waals surface area contributed by atoms with E-state index in [1.165, 1.54) is 0 Å². The van der Waals surface area contributed by atoms with Crippen LogP contribution in [0.15, 0.2) is 0 Å². The lowest BCUT2D eigenvalue weighted by molar-refractivity contribution is -0.376. The minimum Gasteiger partial charge on any atom is -0.479 e. The predicted molar refractivity (Wildman–Crippen MR) is 119 cm³/mol. The Morgan fingerprint density at radius 3 is 1.82 bits per heavy atom. The molecule has 0 saturated carbocycles. The fraction of sp³-hybridized carbons (Fsp3) is 0.952. The lowest BCUT2D eigenvalue weighted by Crippen LogP contribution is -2.67. The van der Waals surface area contributed by atoms with Crippen molar-refractivity contribution in [3.8, 4) is 0 Å². The summed E-state index contributed by atoms with van der Waals surface area (Å²) in [6.07, 6.45) is -26.5. The molecular formula is C21H37NO17. The van der Waals surface area contributed by atoms with Gasteiger partial charge in [0.15, 0.2) is 25.0 Å². The summed E-state index contributed by atoms with van der Waals surface area (Å²) in [5.41, 5.74) is 5.39. The van der Waals surface area contributed by atoms with Crippen LogP contribution < -0.4 is 5.73 Å². The molecule has 0 bridgehead atoms. The van der Waals surface area contributed by atoms with Gasteiger partial charge in [-0.25, -0.2) is 4.79 Å². The Labute approximate surface area is 221 Å². The molecule has 3 aliphatic rings. The van der Waals surface area contributed by atoms with E-state index in [0.29, 0.717) is 6.42 Å². The molecule has 12 N–H and O–H groups in total. The zero-order valence-corrected chi connectivity index (χ0v) is 20.6. The molecule has 0 radical (unpaired) electrons. The number of aliphatic carboxylic acids is 1. The third-order valence-corrected chi connectivity index (χ3v) is 6.67. The molecular weight excluding hydrogens is 538 g/mol. The second-order valence-corrected chi connectivity index (χ2v) is 9.36. The number of hydrogen-bond donors (Lipinski definition) is 11. The minimum atomic E-state index is -2.10. The summed E-state index contributed by atoms with van der Waals surface area (Å²) in [5.74, 6) is -1.72. The highest BCUT2D eigenvalue weighted by molar-refractivity contribution is 5.73. The SMILES string of the molecule is NCCCO[C@@H]1O[C@H](CO)[C@@H](O[C@@H]2O[C@H](C(=O)O)[C@@H](O)[C@H](O[C@@H]3O[C@H](CO)[C@@H](O)[C@H](O)[C@H]3O)[C@H]2O)[C@H](O)[C@H]1O. The third-order valence-electron chi connectivity index (χ3n) is 6.67. The number of carboxylic acid groups (broad SMARTS) is 1. The first-order chi connectivity index (χ1) is 18.5. The number of nitrogens with two attached hydrogens (primary N) is 1. The predicted octanol–water partition coefficient (Wildman–Crippen LogP) is -7.11. The molecule has 0 aromatic carbocycles. The molecule has 0 spiro atoms. The van der Waals surface area contributed by atoms with Gasteiger partial charge >= 0.3 is 5.97 Å². The average molecular weight is 576 g/mol. The maximum Gasteiger partial charge on any atom is 0.335 e. The highest BCUT2D eigenvalue weighted by Gasteiger charge is 2.55. The highest BCUT2D eigenvalue weighted by Crippen LogP contribution is 2.32. The molecule has 0 aliphatic carbocycles. The van der Waals surface area contributed by atoms with Crippen LogP contribution in [0, 0.1) is 0 Å². The molecule has 15 atom stereocenters. The summed E-state index contributed by atoms with van der Waals surface area (Å²) in [7, 11) is 0. The number of rotatable bonds is 11. The van der Waals surface area contributed by atoms with E-state index in [2.05, 4.69) is 0 Å². The Bertz CT molecular complexity index is 775. The van der Waals surface area contributed by atoms with E-state index in [-0.39, 0.29) is 13.2 Å². The van der Waals surface area contributed by atoms with Crippen molar-refractivity contribution in [2.75, 3.05) is 26.4 Å². The summed E-state index contributed by atoms with van der Waals surface area (Å²) in [6.45, 7) is -1.24. The number of ether oxygens (including phenoxy) is 6. The Balaban J connectivity index is 1.78. The molecule has 0 aromatic rings. The van der Waals surface area contributed by atoms with Crippen LogP contribution in [0.5, 0.6) is 0 Å². The van der Waals surface area contributed by atoms with Gasteiger partial charge in [-0.3, -0.25) is 0 Å². The van der Waals surface area contributed by atoms with Crippen LogP contribution in [0.4, 0.5) is 0 Å². The summed E-state index contributed by atoms with van der Waals surface area (Å²) < 4.78 is 32.1. The van der Waals surface area contributed by atoms with Crippen molar-refractivity contribution < 1.29 is 84.3 Å². The average Bonchev–Trinajstić information content (AvgIpc) is 2.91. The van der Waals surface area contributed by atoms with Gasteiger partial charge in [0.25, 0.3) is 0 Å². The lowest BCUT2D eigenvalue weighted by Gasteiger charge is -2.47. The third kappa shape index (κ3) is 7.01. The number of hydrogen-bond acceptors (Lipinski definition) is 17. The quantitative estimate of drug-likeness (QED) is 0.102. The first-order valence-corrected chi connectivity index (χ1v) is 12.3. The van der Waals surface area contributed by atoms with Gasteiger partial charge in [0.2, 0.25) is 0 Å². The maximum absolute atomic E-state index is 11.8. The van der Waals surface area contributed by atoms with E-state index in [4.69, 9.17) is 34.2 Å². The number of carboxylic acids is 1. The molecule has 3 fully saturated rings. The van der Waals surface area contributed by atoms with Crippen molar-refractivity contribution in [1.82, 2.24) is 0 Å². The van der Waals surface area contributed by atoms with Crippen molar-refractivity contribution in [2.24, 2.45) is 5.73 Å². The van der Waals surface area contributed by atoms with Crippen LogP contribution in [0.2, 0.25) is 0 Å². The zero-order valence-electron chi connectivity index (χ0n) is 20.6. The molecule has 228 valence electrons. The summed E-state index contributed by atoms with van der Waals surface area (Å²) in [6, 6.07) is 0. The Hall–Kier alpha value is -1.17. The van der Waals surface area contributed by atoms with Gasteiger partial charge in [-0.1, -0.05) is 0 Å². The largest absolute Gasteiger partial charge is 0.479 e. The Morgan fingerprint density at radius 1 is 0.667 bits per heavy atom. The number of aliphatic hydroxyl groups is 9. The van der Waals surface area contributed by atoms with Crippen molar-refractivity contribution in [3.05, 3.63) is 0 Å². The molecule has 39 heavy (non-hydrogen) atoms. The van der Waals surface area contributed by atoms with Crippen molar-refractivity contribution in [2.45, 2.75) is 98.5 Å². The van der Waals surface area contributed by atoms with Crippen LogP contribution >= 0.6 is 0 Å². The smallest absolute Gasteiger partial charge is 0.335 e. The summed E-state index contributed by atoms with van der Waals surface area (Å²) >= 11 is 0. The van der Waals surface area contributed by atoms with Gasteiger partial charge in [-0.15, -0.1) is 0 Å². The fourth-order valence-electron chi connectivity index (χ4n) is 4.44. The number of aliphatic hydroxyl groups excluding tert-OH is 9. The van der Waals surface area contributed by atoms with Crippen LogP contribution in [0.1, 0.15) is 6.42 Å². The van der Waals surface area contributed by atoms with E-state index >= 15 is 0 Å². The first-order valence-electron chi connectivity index (χ1n) is 12.3. The monoisotopic (exact) mass is 575 g/mol. The summed E-state index contributed by atoms with van der Waals surface area (Å²) in [5, 5.41) is 101. The van der Waals surface area contributed by atoms with E-state index in [0.717, 1.165) is 0 Å². The van der Waals surface area contributed by atoms with Gasteiger partial charge in [-0.05, 0) is 13.0 Å². The Kier molecular flexibility index (Phi) is 11.7. The van der Waals surface area contributed by atoms with E-state index < -0.39 is 111 Å². The molecule has 3 saturated heterocycles. The molecule has 18 heteroatoms. The molecule has 18 nitrogen and oxygen atoms in total. The molecule has 3 rings (SSSR count). The molecule has 0 aromatic heterocycles. The van der Waals surface area contributed by atoms with Crippen LogP contribution in [-0.2, 0) is 33.2 Å². The van der Waals surface area contributed by atoms with Crippen LogP contribution in [-0.4, -0.2) is 176 Å². The lowest BCUT2D eigenvalue weighted by atomic mass is 9.96. The van der Waals surface area contributed by atoms with Gasteiger partial charge in [0.05, 0.1) is 19.8 Å². The number of carbonyl (C=O) groups is 1. The minimum absolute atomic E-state index is 0.0637. The van der Waals surface area contributed by atoms with E-state index in [1.54, 1.807) is 0 Å². The zero-order chi connectivity index (χ0) is 29.0. The highest BCUT2D eigenvalue weighted by atomic mass is 16.8. The van der Waals surface area contributed by atoms with E-state index in [1.807, 2.05) is 0 Å². The summed E-state index contributed by atoms with van der Waals surface area (Å²) in [4.78, 5) is 11.8. The molecule has 3 aliphatic heterocycles. The van der Waals surface area contributed by atoms with Gasteiger partial charge in [0.1, 0.15) is 67.1 Å². The van der Waals surface area contributed by atoms with Crippen LogP contribution in [0.25, 0.3) is 0 Å². The Morgan fingerprint density at radius 2 is 1.23 bits per heavy atom. The van der Waals surface area contributed by atoms with E-state index in [9.17, 15) is 55.9 Å². The second kappa shape index (κ2) is 14.1. The maximum atomic E-state index is 11.8. The van der Waals surface area contributed by atoms with Gasteiger partial charge in [0, 0.05) is 0 Å². The molecule has 0 amide bonds. The van der Waals surface area contributed by atoms with Crippen molar-refractivity contribution >= 4 is 5.97 Å². The standard InChI is InChI=1S/C21H37NO17/c22-2-1-3-34-19-12(29)10(27)15(7(5-24)36-19)37-21-14(31)16(13(30)17(39-21)18(32)33)38-20-11(28)9(26)8(25)6(4-23)35-20/h6-17,19-21,23-31H,1-5,22H2,(H,32,33)/t6-,7-,8-,9+,10-,11-,12-,13+,14-,15-,16+,17+,19-,20+,21-/m1/s1. The van der Waals surface area contributed by atoms with Crippen molar-refractivity contribution in [3.63, 3.8) is 0 Å². The van der Waals surface area contributed by atoms with Crippen LogP contribution in [0.3, 0.4) is 0 Å². The van der Waals surface area contributed by atoms with Gasteiger partial charge in [-0.2, -0.15) is 0 Å². The second-order valence-electron chi connectivity index (χ2n) is 9.36. The first kappa shape index (κ1) is 32.3. The van der Waals surface area contributed by atoms with Gasteiger partial charge < -0.3 is 85.2 Å². The normalized spacial score (nSPS) is 47.2. The molecule has 3 heterocycles. The molecule has 0 unspecified atom stereocenters. The van der Waals surface area contributed by atoms with Crippen molar-refractivity contribution in [1.29, 1.82) is 0 Å². The topological polar surface area (TPSA) is 301 Å². The fourth-order valence-corrected chi connectivity index (χ4v) is 4.44.